The van der Waals surface area contributed by atoms with Crippen LogP contribution in [0.4, 0.5) is 15.8 Å². The molecule has 3 N–H and O–H groups in total. The van der Waals surface area contributed by atoms with Crippen LogP contribution in [-0.4, -0.2) is 8.42 Å². The molecule has 4 nitrogen and oxygen atoms in total. The molecule has 0 saturated heterocycles. The van der Waals surface area contributed by atoms with E-state index in [0.717, 1.165) is 0 Å². The molecule has 0 aliphatic rings. The van der Waals surface area contributed by atoms with Gasteiger partial charge in [-0.05, 0) is 61.7 Å². The van der Waals surface area contributed by atoms with E-state index in [4.69, 9.17) is 5.73 Å². The number of aryl methyl sites for hydroxylation is 2. The zero-order chi connectivity index (χ0) is 15.8. The van der Waals surface area contributed by atoms with Gasteiger partial charge in [-0.1, -0.05) is 6.07 Å². The highest BCUT2D eigenvalue weighted by molar-refractivity contribution is 7.92. The minimum Gasteiger partial charge on any atom is -0.398 e. The Balaban J connectivity index is 2.48. The van der Waals surface area contributed by atoms with Gasteiger partial charge in [-0.3, -0.25) is 4.72 Å². The van der Waals surface area contributed by atoms with E-state index in [1.54, 1.807) is 32.9 Å². The third-order valence-electron chi connectivity index (χ3n) is 3.32. The molecule has 112 valence electrons. The molecular formula is C15H17FN2O2S. The van der Waals surface area contributed by atoms with E-state index < -0.39 is 10.0 Å². The first kappa shape index (κ1) is 15.3. The average molecular weight is 308 g/mol. The standard InChI is InChI=1S/C15H17FN2O2S/c1-9-4-7-14(17)11(3)15(9)21(19,20)18-12-5-6-13(16)10(2)8-12/h4-8,18H,17H2,1-3H3. The third-order valence-corrected chi connectivity index (χ3v) is 4.99. The van der Waals surface area contributed by atoms with Crippen LogP contribution in [0.15, 0.2) is 35.2 Å². The van der Waals surface area contributed by atoms with Gasteiger partial charge in [0.25, 0.3) is 10.0 Å². The molecule has 21 heavy (non-hydrogen) atoms. The Kier molecular flexibility index (Phi) is 3.91. The van der Waals surface area contributed by atoms with Crippen LogP contribution < -0.4 is 10.5 Å². The largest absolute Gasteiger partial charge is 0.398 e. The van der Waals surface area contributed by atoms with Crippen LogP contribution in [0.25, 0.3) is 0 Å². The number of nitrogen functional groups attached to an aromatic ring is 1. The summed E-state index contributed by atoms with van der Waals surface area (Å²) in [4.78, 5) is 0.157. The van der Waals surface area contributed by atoms with E-state index in [2.05, 4.69) is 4.72 Å². The molecule has 0 aliphatic heterocycles. The van der Waals surface area contributed by atoms with Crippen molar-refractivity contribution in [3.63, 3.8) is 0 Å². The first-order chi connectivity index (χ1) is 9.72. The third kappa shape index (κ3) is 3.00. The maximum Gasteiger partial charge on any atom is 0.262 e. The van der Waals surface area contributed by atoms with Gasteiger partial charge in [0.2, 0.25) is 0 Å². The molecule has 2 rings (SSSR count). The van der Waals surface area contributed by atoms with Crippen molar-refractivity contribution in [1.82, 2.24) is 0 Å². The molecule has 0 spiro atoms. The van der Waals surface area contributed by atoms with Crippen LogP contribution in [0.2, 0.25) is 0 Å². The molecule has 0 saturated carbocycles. The lowest BCUT2D eigenvalue weighted by atomic mass is 10.1. The molecule has 0 fully saturated rings. The predicted octanol–water partition coefficient (Wildman–Crippen LogP) is 3.13. The van der Waals surface area contributed by atoms with Crippen molar-refractivity contribution in [1.29, 1.82) is 0 Å². The zero-order valence-electron chi connectivity index (χ0n) is 12.1. The van der Waals surface area contributed by atoms with Gasteiger partial charge in [-0.2, -0.15) is 0 Å². The Labute approximate surface area is 123 Å². The fraction of sp³-hybridized carbons (Fsp3) is 0.200. The Bertz CT molecular complexity index is 802. The van der Waals surface area contributed by atoms with E-state index >= 15 is 0 Å². The molecule has 0 aromatic heterocycles. The molecule has 0 unspecified atom stereocenters. The number of rotatable bonds is 3. The Morgan fingerprint density at radius 1 is 1.05 bits per heavy atom. The van der Waals surface area contributed by atoms with Crippen LogP contribution in [0.3, 0.4) is 0 Å². The highest BCUT2D eigenvalue weighted by Crippen LogP contribution is 2.27. The van der Waals surface area contributed by atoms with E-state index in [1.165, 1.54) is 18.2 Å². The normalized spacial score (nSPS) is 11.4. The van der Waals surface area contributed by atoms with Gasteiger partial charge in [-0.15, -0.1) is 0 Å². The van der Waals surface area contributed by atoms with Gasteiger partial charge in [-0.25, -0.2) is 12.8 Å². The summed E-state index contributed by atoms with van der Waals surface area (Å²) in [6.07, 6.45) is 0. The molecule has 6 heteroatoms. The molecule has 0 heterocycles. The summed E-state index contributed by atoms with van der Waals surface area (Å²) >= 11 is 0. The molecule has 0 atom stereocenters. The second-order valence-electron chi connectivity index (χ2n) is 5.00. The van der Waals surface area contributed by atoms with E-state index in [1.807, 2.05) is 0 Å². The van der Waals surface area contributed by atoms with Crippen molar-refractivity contribution in [2.24, 2.45) is 0 Å². The maximum atomic E-state index is 13.2. The number of hydrogen-bond acceptors (Lipinski definition) is 3. The van der Waals surface area contributed by atoms with Gasteiger partial charge >= 0.3 is 0 Å². The summed E-state index contributed by atoms with van der Waals surface area (Å²) in [7, 11) is -3.78. The summed E-state index contributed by atoms with van der Waals surface area (Å²) < 4.78 is 40.8. The van der Waals surface area contributed by atoms with E-state index in [9.17, 15) is 12.8 Å². The summed E-state index contributed by atoms with van der Waals surface area (Å²) in [6, 6.07) is 7.39. The molecular weight excluding hydrogens is 291 g/mol. The van der Waals surface area contributed by atoms with Crippen LogP contribution in [0.1, 0.15) is 16.7 Å². The van der Waals surface area contributed by atoms with E-state index in [-0.39, 0.29) is 10.7 Å². The fourth-order valence-electron chi connectivity index (χ4n) is 2.17. The van der Waals surface area contributed by atoms with Crippen molar-refractivity contribution in [2.45, 2.75) is 25.7 Å². The second-order valence-corrected chi connectivity index (χ2v) is 6.61. The number of nitrogens with one attached hydrogen (secondary N) is 1. The number of halogens is 1. The predicted molar refractivity (Wildman–Crippen MR) is 82.3 cm³/mol. The maximum absolute atomic E-state index is 13.2. The minimum absolute atomic E-state index is 0.157. The molecule has 2 aromatic carbocycles. The summed E-state index contributed by atoms with van der Waals surface area (Å²) in [5.74, 6) is -0.380. The number of sulfonamides is 1. The van der Waals surface area contributed by atoms with Crippen LogP contribution in [0.5, 0.6) is 0 Å². The summed E-state index contributed by atoms with van der Waals surface area (Å²) in [5, 5.41) is 0. The lowest BCUT2D eigenvalue weighted by molar-refractivity contribution is 0.599. The van der Waals surface area contributed by atoms with Gasteiger partial charge in [0, 0.05) is 11.4 Å². The Morgan fingerprint density at radius 2 is 1.71 bits per heavy atom. The minimum atomic E-state index is -3.78. The van der Waals surface area contributed by atoms with Crippen LogP contribution in [0, 0.1) is 26.6 Å². The SMILES string of the molecule is Cc1cc(NS(=O)(=O)c2c(C)ccc(N)c2C)ccc1F. The molecule has 0 amide bonds. The first-order valence-corrected chi connectivity index (χ1v) is 7.85. The summed E-state index contributed by atoms with van der Waals surface area (Å²) in [6.45, 7) is 4.94. The van der Waals surface area contributed by atoms with Gasteiger partial charge in [0.1, 0.15) is 5.82 Å². The average Bonchev–Trinajstić information content (AvgIpc) is 2.38. The van der Waals surface area contributed by atoms with Gasteiger partial charge < -0.3 is 5.73 Å². The topological polar surface area (TPSA) is 72.2 Å². The van der Waals surface area contributed by atoms with Crippen molar-refractivity contribution in [3.05, 3.63) is 52.8 Å². The van der Waals surface area contributed by atoms with Crippen molar-refractivity contribution in [3.8, 4) is 0 Å². The number of benzene rings is 2. The quantitative estimate of drug-likeness (QED) is 0.856. The monoisotopic (exact) mass is 308 g/mol. The van der Waals surface area contributed by atoms with Crippen molar-refractivity contribution < 1.29 is 12.8 Å². The van der Waals surface area contributed by atoms with E-state index in [0.29, 0.717) is 28.1 Å². The second kappa shape index (κ2) is 5.37. The lowest BCUT2D eigenvalue weighted by Crippen LogP contribution is -2.16. The zero-order valence-corrected chi connectivity index (χ0v) is 12.9. The lowest BCUT2D eigenvalue weighted by Gasteiger charge is -2.14. The van der Waals surface area contributed by atoms with Crippen molar-refractivity contribution >= 4 is 21.4 Å². The fourth-order valence-corrected chi connectivity index (χ4v) is 3.72. The highest BCUT2D eigenvalue weighted by atomic mass is 32.2. The number of nitrogens with two attached hydrogens (primary N) is 1. The Morgan fingerprint density at radius 3 is 2.33 bits per heavy atom. The highest BCUT2D eigenvalue weighted by Gasteiger charge is 2.21. The number of anilines is 2. The van der Waals surface area contributed by atoms with Crippen molar-refractivity contribution in [2.75, 3.05) is 10.5 Å². The van der Waals surface area contributed by atoms with Gasteiger partial charge in [0.05, 0.1) is 4.90 Å². The number of hydrogen-bond donors (Lipinski definition) is 2. The molecule has 2 aromatic rings. The smallest absolute Gasteiger partial charge is 0.262 e. The summed E-state index contributed by atoms with van der Waals surface area (Å²) in [5.41, 5.74) is 7.99. The molecule has 0 bridgehead atoms. The Hall–Kier alpha value is -2.08. The first-order valence-electron chi connectivity index (χ1n) is 6.37. The molecule has 0 aliphatic carbocycles. The van der Waals surface area contributed by atoms with Crippen LogP contribution in [-0.2, 0) is 10.0 Å². The van der Waals surface area contributed by atoms with Gasteiger partial charge in [0.15, 0.2) is 0 Å². The van der Waals surface area contributed by atoms with Crippen LogP contribution >= 0.6 is 0 Å². The molecule has 0 radical (unpaired) electrons.